The Kier molecular flexibility index (Phi) is 2.54. The molecular weight excluding hydrogens is 194 g/mol. The highest BCUT2D eigenvalue weighted by atomic mass is 16.4. The highest BCUT2D eigenvalue weighted by Crippen LogP contribution is 2.16. The van der Waals surface area contributed by atoms with Crippen molar-refractivity contribution in [1.29, 1.82) is 0 Å². The van der Waals surface area contributed by atoms with Crippen molar-refractivity contribution in [3.8, 4) is 0 Å². The molecule has 78 valence electrons. The van der Waals surface area contributed by atoms with Gasteiger partial charge < -0.3 is 20.6 Å². The van der Waals surface area contributed by atoms with Crippen molar-refractivity contribution in [3.05, 3.63) is 0 Å². The van der Waals surface area contributed by atoms with E-state index in [4.69, 9.17) is 15.3 Å². The lowest BCUT2D eigenvalue weighted by Gasteiger charge is -2.32. The Morgan fingerprint density at radius 2 is 2.14 bits per heavy atom. The number of carbonyl (C=O) groups is 3. The molecule has 2 atom stereocenters. The highest BCUT2D eigenvalue weighted by molar-refractivity contribution is 6.15. The number of nitrogens with one attached hydrogen (secondary N) is 1. The molecule has 0 aromatic carbocycles. The molecule has 0 aromatic heterocycles. The van der Waals surface area contributed by atoms with Crippen LogP contribution in [0.4, 0.5) is 0 Å². The van der Waals surface area contributed by atoms with Crippen LogP contribution in [0.5, 0.6) is 0 Å². The van der Waals surface area contributed by atoms with Gasteiger partial charge in [-0.25, -0.2) is 4.79 Å². The van der Waals surface area contributed by atoms with E-state index in [1.807, 2.05) is 5.32 Å². The summed E-state index contributed by atoms with van der Waals surface area (Å²) < 4.78 is 0. The van der Waals surface area contributed by atoms with E-state index in [-0.39, 0.29) is 0 Å². The number of carbonyl (C=O) groups excluding carboxylic acids is 2. The standard InChI is InChI=1S/C7H9NO6/c9-2-7(6(13)14)5(12)3(10)1-4(11)8-7/h3,9-10H,1-2H2,(H,8,11)(H,13,14)/t3?,7-/m1/s1. The minimum Gasteiger partial charge on any atom is -0.479 e. The molecule has 1 unspecified atom stereocenters. The number of ketones is 1. The first kappa shape index (κ1) is 10.6. The van der Waals surface area contributed by atoms with Gasteiger partial charge in [-0.05, 0) is 0 Å². The van der Waals surface area contributed by atoms with E-state index in [1.165, 1.54) is 0 Å². The molecule has 0 bridgehead atoms. The number of carboxylic acids is 1. The van der Waals surface area contributed by atoms with Gasteiger partial charge in [0.1, 0.15) is 6.10 Å². The Labute approximate surface area is 78.3 Å². The zero-order valence-corrected chi connectivity index (χ0v) is 7.06. The number of carboxylic acid groups (broad SMARTS) is 1. The van der Waals surface area contributed by atoms with Crippen molar-refractivity contribution < 1.29 is 29.7 Å². The van der Waals surface area contributed by atoms with Crippen LogP contribution in [0.3, 0.4) is 0 Å². The van der Waals surface area contributed by atoms with Crippen LogP contribution in [0.2, 0.25) is 0 Å². The number of aliphatic hydroxyl groups excluding tert-OH is 2. The maximum atomic E-state index is 11.3. The van der Waals surface area contributed by atoms with Crippen molar-refractivity contribution in [2.45, 2.75) is 18.1 Å². The minimum atomic E-state index is -2.39. The van der Waals surface area contributed by atoms with Crippen LogP contribution in [0, 0.1) is 0 Å². The minimum absolute atomic E-state index is 0.478. The molecule has 1 saturated heterocycles. The van der Waals surface area contributed by atoms with Gasteiger partial charge in [0.15, 0.2) is 0 Å². The number of Topliss-reactive ketones (excluding diaryl/α,β-unsaturated/α-hetero) is 1. The normalized spacial score (nSPS) is 32.6. The molecule has 4 N–H and O–H groups in total. The summed E-state index contributed by atoms with van der Waals surface area (Å²) in [5.41, 5.74) is -2.39. The summed E-state index contributed by atoms with van der Waals surface area (Å²) in [6.45, 7) is -1.08. The zero-order valence-electron chi connectivity index (χ0n) is 7.06. The third-order valence-corrected chi connectivity index (χ3v) is 2.06. The van der Waals surface area contributed by atoms with Crippen molar-refractivity contribution in [2.24, 2.45) is 0 Å². The van der Waals surface area contributed by atoms with Crippen molar-refractivity contribution in [1.82, 2.24) is 5.32 Å². The largest absolute Gasteiger partial charge is 0.479 e. The van der Waals surface area contributed by atoms with E-state index in [0.29, 0.717) is 0 Å². The van der Waals surface area contributed by atoms with Gasteiger partial charge in [0.05, 0.1) is 13.0 Å². The number of aliphatic carboxylic acids is 1. The molecule has 0 radical (unpaired) electrons. The lowest BCUT2D eigenvalue weighted by molar-refractivity contribution is -0.162. The Bertz CT molecular complexity index is 301. The van der Waals surface area contributed by atoms with Gasteiger partial charge in [0.25, 0.3) is 0 Å². The summed E-state index contributed by atoms with van der Waals surface area (Å²) in [4.78, 5) is 32.9. The SMILES string of the molecule is O=C1CC(O)C(=O)[C@](CO)(C(=O)O)N1. The average molecular weight is 203 g/mol. The predicted molar refractivity (Wildman–Crippen MR) is 41.2 cm³/mol. The number of hydrogen-bond acceptors (Lipinski definition) is 5. The molecule has 1 amide bonds. The predicted octanol–water partition coefficient (Wildman–Crippen LogP) is -2.75. The molecule has 0 aromatic rings. The van der Waals surface area contributed by atoms with E-state index >= 15 is 0 Å². The lowest BCUT2D eigenvalue weighted by atomic mass is 9.86. The molecule has 0 aliphatic carbocycles. The Balaban J connectivity index is 3.09. The van der Waals surface area contributed by atoms with E-state index in [2.05, 4.69) is 0 Å². The Morgan fingerprint density at radius 3 is 2.57 bits per heavy atom. The van der Waals surface area contributed by atoms with Gasteiger partial charge in [-0.1, -0.05) is 0 Å². The smallest absolute Gasteiger partial charge is 0.339 e. The lowest BCUT2D eigenvalue weighted by Crippen LogP contribution is -2.69. The maximum Gasteiger partial charge on any atom is 0.339 e. The summed E-state index contributed by atoms with van der Waals surface area (Å²) in [6, 6.07) is 0. The summed E-state index contributed by atoms with van der Waals surface area (Å²) in [5, 5.41) is 28.4. The summed E-state index contributed by atoms with van der Waals surface area (Å²) >= 11 is 0. The number of amides is 1. The second-order valence-electron chi connectivity index (χ2n) is 3.00. The molecular formula is C7H9NO6. The number of hydrogen-bond donors (Lipinski definition) is 4. The van der Waals surface area contributed by atoms with Crippen molar-refractivity contribution in [3.63, 3.8) is 0 Å². The van der Waals surface area contributed by atoms with E-state index in [1.54, 1.807) is 0 Å². The van der Waals surface area contributed by atoms with Crippen LogP contribution in [0.1, 0.15) is 6.42 Å². The Hall–Kier alpha value is -1.47. The van der Waals surface area contributed by atoms with Crippen LogP contribution in [0.15, 0.2) is 0 Å². The Morgan fingerprint density at radius 1 is 1.57 bits per heavy atom. The molecule has 0 saturated carbocycles. The highest BCUT2D eigenvalue weighted by Gasteiger charge is 2.53. The molecule has 0 spiro atoms. The van der Waals surface area contributed by atoms with Gasteiger partial charge in [-0.3, -0.25) is 9.59 Å². The molecule has 1 fully saturated rings. The fourth-order valence-corrected chi connectivity index (χ4v) is 1.25. The van der Waals surface area contributed by atoms with Crippen LogP contribution in [-0.2, 0) is 14.4 Å². The second-order valence-corrected chi connectivity index (χ2v) is 3.00. The van der Waals surface area contributed by atoms with Gasteiger partial charge >= 0.3 is 5.97 Å². The van der Waals surface area contributed by atoms with Crippen LogP contribution in [0.25, 0.3) is 0 Å². The first-order chi connectivity index (χ1) is 6.44. The topological polar surface area (TPSA) is 124 Å². The second kappa shape index (κ2) is 3.35. The van der Waals surface area contributed by atoms with E-state index < -0.39 is 42.3 Å². The van der Waals surface area contributed by atoms with Crippen LogP contribution in [-0.4, -0.2) is 51.2 Å². The summed E-state index contributed by atoms with van der Waals surface area (Å²) in [6.07, 6.45) is -2.15. The van der Waals surface area contributed by atoms with Crippen molar-refractivity contribution >= 4 is 17.7 Å². The van der Waals surface area contributed by atoms with Crippen LogP contribution < -0.4 is 5.32 Å². The third-order valence-electron chi connectivity index (χ3n) is 2.06. The van der Waals surface area contributed by atoms with Gasteiger partial charge in [-0.2, -0.15) is 0 Å². The van der Waals surface area contributed by atoms with E-state index in [9.17, 15) is 14.4 Å². The maximum absolute atomic E-state index is 11.3. The monoisotopic (exact) mass is 203 g/mol. The molecule has 7 nitrogen and oxygen atoms in total. The quantitative estimate of drug-likeness (QED) is 0.361. The molecule has 7 heteroatoms. The summed E-state index contributed by atoms with van der Waals surface area (Å²) in [7, 11) is 0. The summed E-state index contributed by atoms with van der Waals surface area (Å²) in [5.74, 6) is -3.57. The molecule has 1 heterocycles. The van der Waals surface area contributed by atoms with Crippen LogP contribution >= 0.6 is 0 Å². The van der Waals surface area contributed by atoms with Gasteiger partial charge in [0, 0.05) is 0 Å². The fraction of sp³-hybridized carbons (Fsp3) is 0.571. The number of piperidine rings is 1. The fourth-order valence-electron chi connectivity index (χ4n) is 1.25. The zero-order chi connectivity index (χ0) is 10.9. The first-order valence-electron chi connectivity index (χ1n) is 3.81. The third kappa shape index (κ3) is 1.36. The van der Waals surface area contributed by atoms with Gasteiger partial charge in [-0.15, -0.1) is 0 Å². The molecule has 1 rings (SSSR count). The molecule has 1 aliphatic heterocycles. The number of aliphatic hydroxyl groups is 2. The first-order valence-corrected chi connectivity index (χ1v) is 3.81. The van der Waals surface area contributed by atoms with Crippen molar-refractivity contribution in [2.75, 3.05) is 6.61 Å². The average Bonchev–Trinajstić information content (AvgIpc) is 2.10. The molecule has 1 aliphatic rings. The van der Waals surface area contributed by atoms with E-state index in [0.717, 1.165) is 0 Å². The number of rotatable bonds is 2. The van der Waals surface area contributed by atoms with Gasteiger partial charge in [0.2, 0.25) is 17.2 Å². The molecule has 14 heavy (non-hydrogen) atoms.